The molecule has 7 heteroatoms. The van der Waals surface area contributed by atoms with E-state index in [4.69, 9.17) is 16.3 Å². The first-order valence-corrected chi connectivity index (χ1v) is 12.9. The zero-order valence-electron chi connectivity index (χ0n) is 18.7. The van der Waals surface area contributed by atoms with Crippen LogP contribution in [0.15, 0.2) is 93.2 Å². The van der Waals surface area contributed by atoms with Crippen LogP contribution in [0.1, 0.15) is 16.7 Å². The van der Waals surface area contributed by atoms with Crippen molar-refractivity contribution in [1.29, 1.82) is 0 Å². The molecule has 174 valence electrons. The average molecular weight is 564 g/mol. The van der Waals surface area contributed by atoms with E-state index in [9.17, 15) is 4.79 Å². The van der Waals surface area contributed by atoms with Crippen LogP contribution >= 0.6 is 39.3 Å². The van der Waals surface area contributed by atoms with Crippen molar-refractivity contribution in [1.82, 2.24) is 5.32 Å². The smallest absolute Gasteiger partial charge is 0.264 e. The largest absolute Gasteiger partial charge is 0.488 e. The molecule has 0 bridgehead atoms. The van der Waals surface area contributed by atoms with Crippen molar-refractivity contribution >= 4 is 72.9 Å². The van der Waals surface area contributed by atoms with Crippen molar-refractivity contribution in [3.63, 3.8) is 0 Å². The van der Waals surface area contributed by atoms with Gasteiger partial charge in [0, 0.05) is 5.02 Å². The average Bonchev–Trinajstić information content (AvgIpc) is 3.19. The molecule has 1 aliphatic heterocycles. The molecule has 1 heterocycles. The predicted molar refractivity (Wildman–Crippen MR) is 149 cm³/mol. The van der Waals surface area contributed by atoms with Gasteiger partial charge in [-0.25, -0.2) is 4.99 Å². The molecule has 0 unspecified atom stereocenters. The molecule has 1 fully saturated rings. The van der Waals surface area contributed by atoms with E-state index in [0.717, 1.165) is 32.6 Å². The Hall–Kier alpha value is -3.06. The van der Waals surface area contributed by atoms with E-state index in [0.29, 0.717) is 21.7 Å². The molecule has 0 radical (unpaired) electrons. The molecule has 0 aliphatic carbocycles. The second-order valence-corrected chi connectivity index (χ2v) is 10.3. The summed E-state index contributed by atoms with van der Waals surface area (Å²) in [5.41, 5.74) is 3.59. The van der Waals surface area contributed by atoms with E-state index < -0.39 is 0 Å². The Labute approximate surface area is 221 Å². The molecule has 35 heavy (non-hydrogen) atoms. The van der Waals surface area contributed by atoms with Crippen LogP contribution in [0, 0.1) is 6.92 Å². The van der Waals surface area contributed by atoms with Gasteiger partial charge >= 0.3 is 0 Å². The number of benzene rings is 4. The van der Waals surface area contributed by atoms with Gasteiger partial charge in [0.15, 0.2) is 5.17 Å². The highest BCUT2D eigenvalue weighted by Gasteiger charge is 2.24. The number of carbonyl (C=O) groups is 1. The molecule has 5 rings (SSSR count). The molecule has 4 aromatic carbocycles. The first-order valence-electron chi connectivity index (χ1n) is 10.9. The highest BCUT2D eigenvalue weighted by atomic mass is 79.9. The van der Waals surface area contributed by atoms with Crippen LogP contribution in [0.25, 0.3) is 16.8 Å². The number of halogens is 2. The second-order valence-electron chi connectivity index (χ2n) is 8.03. The summed E-state index contributed by atoms with van der Waals surface area (Å²) in [5.74, 6) is 0.559. The van der Waals surface area contributed by atoms with Crippen LogP contribution in [0.5, 0.6) is 5.75 Å². The first-order chi connectivity index (χ1) is 17.0. The summed E-state index contributed by atoms with van der Waals surface area (Å²) in [6.07, 6.45) is 1.84. The number of carbonyl (C=O) groups excluding carboxylic acids is 1. The van der Waals surface area contributed by atoms with Crippen LogP contribution in [0.3, 0.4) is 0 Å². The lowest BCUT2D eigenvalue weighted by atomic mass is 10.1. The van der Waals surface area contributed by atoms with Crippen molar-refractivity contribution in [2.75, 3.05) is 0 Å². The molecule has 1 saturated heterocycles. The van der Waals surface area contributed by atoms with Gasteiger partial charge in [-0.15, -0.1) is 0 Å². The van der Waals surface area contributed by atoms with E-state index >= 15 is 0 Å². The topological polar surface area (TPSA) is 50.7 Å². The van der Waals surface area contributed by atoms with Crippen LogP contribution in [0.4, 0.5) is 5.69 Å². The van der Waals surface area contributed by atoms with Gasteiger partial charge < -0.3 is 10.1 Å². The molecule has 4 nitrogen and oxygen atoms in total. The summed E-state index contributed by atoms with van der Waals surface area (Å²) in [4.78, 5) is 17.6. The van der Waals surface area contributed by atoms with Crippen LogP contribution in [-0.4, -0.2) is 11.1 Å². The zero-order valence-corrected chi connectivity index (χ0v) is 21.9. The molecular weight excluding hydrogens is 544 g/mol. The third-order valence-corrected chi connectivity index (χ3v) is 7.51. The maximum absolute atomic E-state index is 12.5. The minimum atomic E-state index is -0.179. The van der Waals surface area contributed by atoms with Crippen molar-refractivity contribution in [3.8, 4) is 5.75 Å². The summed E-state index contributed by atoms with van der Waals surface area (Å²) in [5, 5.41) is 6.39. The van der Waals surface area contributed by atoms with Gasteiger partial charge in [0.05, 0.1) is 15.1 Å². The fourth-order valence-corrected chi connectivity index (χ4v) is 5.19. The maximum Gasteiger partial charge on any atom is 0.264 e. The minimum Gasteiger partial charge on any atom is -0.488 e. The molecule has 0 aromatic heterocycles. The Balaban J connectivity index is 1.29. The minimum absolute atomic E-state index is 0.179. The highest BCUT2D eigenvalue weighted by molar-refractivity contribution is 9.10. The van der Waals surface area contributed by atoms with E-state index in [1.165, 1.54) is 22.5 Å². The van der Waals surface area contributed by atoms with E-state index in [1.54, 1.807) is 0 Å². The molecule has 1 aliphatic rings. The fraction of sp³-hybridized carbons (Fsp3) is 0.0714. The Morgan fingerprint density at radius 1 is 1.03 bits per heavy atom. The van der Waals surface area contributed by atoms with E-state index in [-0.39, 0.29) is 5.91 Å². The number of hydrogen-bond acceptors (Lipinski definition) is 4. The summed E-state index contributed by atoms with van der Waals surface area (Å²) >= 11 is 11.1. The fourth-order valence-electron chi connectivity index (χ4n) is 3.67. The number of aliphatic imine (C=N–C) groups is 1. The molecule has 0 saturated carbocycles. The Kier molecular flexibility index (Phi) is 6.95. The standard InChI is InChI=1S/C28H20BrClN2O2S/c1-17-23(30)7-4-8-24(17)31-28-32-27(33)26(35-28)15-18-10-12-25(22(29)14-18)34-16-19-9-11-20-5-2-3-6-21(20)13-19/h2-15H,16H2,1H3,(H,31,32,33)/b26-15+. The normalized spacial score (nSPS) is 15.7. The van der Waals surface area contributed by atoms with Crippen molar-refractivity contribution < 1.29 is 9.53 Å². The molecule has 1 amide bonds. The number of hydrogen-bond donors (Lipinski definition) is 1. The maximum atomic E-state index is 12.5. The summed E-state index contributed by atoms with van der Waals surface area (Å²) in [7, 11) is 0. The Morgan fingerprint density at radius 2 is 1.86 bits per heavy atom. The third kappa shape index (κ3) is 5.45. The van der Waals surface area contributed by atoms with Gasteiger partial charge in [-0.1, -0.05) is 60.1 Å². The number of nitrogens with one attached hydrogen (secondary N) is 1. The lowest BCUT2D eigenvalue weighted by Crippen LogP contribution is -2.19. The molecule has 4 aromatic rings. The van der Waals surface area contributed by atoms with Gasteiger partial charge in [0.2, 0.25) is 0 Å². The highest BCUT2D eigenvalue weighted by Crippen LogP contribution is 2.33. The Bertz CT molecular complexity index is 1520. The van der Waals surface area contributed by atoms with Crippen LogP contribution < -0.4 is 10.1 Å². The van der Waals surface area contributed by atoms with E-state index in [1.807, 2.05) is 61.5 Å². The van der Waals surface area contributed by atoms with Crippen molar-refractivity contribution in [2.45, 2.75) is 13.5 Å². The number of thioether (sulfide) groups is 1. The molecule has 1 N–H and O–H groups in total. The van der Waals surface area contributed by atoms with Crippen LogP contribution in [0.2, 0.25) is 5.02 Å². The Morgan fingerprint density at radius 3 is 2.69 bits per heavy atom. The molecule has 0 spiro atoms. The number of amidine groups is 1. The monoisotopic (exact) mass is 562 g/mol. The van der Waals surface area contributed by atoms with Gasteiger partial charge in [0.25, 0.3) is 5.91 Å². The zero-order chi connectivity index (χ0) is 24.4. The SMILES string of the molecule is Cc1c(Cl)cccc1N=C1NC(=O)/C(=C\c2ccc(OCc3ccc4ccccc4c3)c(Br)c2)S1. The summed E-state index contributed by atoms with van der Waals surface area (Å²) in [6.45, 7) is 2.37. The predicted octanol–water partition coefficient (Wildman–Crippen LogP) is 8.03. The number of amides is 1. The van der Waals surface area contributed by atoms with Crippen molar-refractivity contribution in [2.24, 2.45) is 4.99 Å². The molecule has 0 atom stereocenters. The van der Waals surface area contributed by atoms with Crippen LogP contribution in [-0.2, 0) is 11.4 Å². The third-order valence-electron chi connectivity index (χ3n) is 5.57. The number of ether oxygens (including phenoxy) is 1. The lowest BCUT2D eigenvalue weighted by molar-refractivity contribution is -0.115. The number of nitrogens with zero attached hydrogens (tertiary/aromatic N) is 1. The van der Waals surface area contributed by atoms with Crippen molar-refractivity contribution in [3.05, 3.63) is 110 Å². The van der Waals surface area contributed by atoms with Gasteiger partial charge in [0.1, 0.15) is 12.4 Å². The quantitative estimate of drug-likeness (QED) is 0.250. The van der Waals surface area contributed by atoms with Gasteiger partial charge in [-0.2, -0.15) is 0 Å². The lowest BCUT2D eigenvalue weighted by Gasteiger charge is -2.10. The van der Waals surface area contributed by atoms with Gasteiger partial charge in [-0.05, 0) is 98.5 Å². The second kappa shape index (κ2) is 10.3. The first kappa shape index (κ1) is 23.7. The number of fused-ring (bicyclic) bond motifs is 1. The molecular formula is C28H20BrClN2O2S. The summed E-state index contributed by atoms with van der Waals surface area (Å²) < 4.78 is 6.86. The summed E-state index contributed by atoms with van der Waals surface area (Å²) in [6, 6.07) is 25.9. The van der Waals surface area contributed by atoms with Gasteiger partial charge in [-0.3, -0.25) is 4.79 Å². The van der Waals surface area contributed by atoms with E-state index in [2.05, 4.69) is 56.6 Å². The number of rotatable bonds is 5.